The Kier molecular flexibility index (Phi) is 3.03. The normalized spacial score (nSPS) is 10.5. The average molecular weight is 245 g/mol. The molecule has 3 heteroatoms. The number of carbonyl (C=O) groups excluding carboxylic acids is 1. The molecule has 0 amide bonds. The molecule has 2 N–H and O–H groups in total. The van der Waals surface area contributed by atoms with Gasteiger partial charge in [-0.1, -0.05) is 6.07 Å². The van der Waals surface area contributed by atoms with Crippen molar-refractivity contribution >= 4 is 22.8 Å². The highest BCUT2D eigenvalue weighted by atomic mass is 32.1. The molecule has 0 saturated carbocycles. The monoisotopic (exact) mass is 245 g/mol. The van der Waals surface area contributed by atoms with Gasteiger partial charge < -0.3 is 5.73 Å². The van der Waals surface area contributed by atoms with E-state index in [0.717, 1.165) is 20.9 Å². The Balaban J connectivity index is 2.50. The van der Waals surface area contributed by atoms with Crippen molar-refractivity contribution in [3.63, 3.8) is 0 Å². The van der Waals surface area contributed by atoms with Crippen LogP contribution in [0.3, 0.4) is 0 Å². The van der Waals surface area contributed by atoms with Crippen LogP contribution in [0.4, 0.5) is 5.69 Å². The molecule has 1 aromatic carbocycles. The van der Waals surface area contributed by atoms with E-state index in [1.54, 1.807) is 17.4 Å². The maximum Gasteiger partial charge on any atom is 0.194 e. The van der Waals surface area contributed by atoms with Crippen molar-refractivity contribution in [2.24, 2.45) is 0 Å². The fourth-order valence-corrected chi connectivity index (χ4v) is 2.81. The highest BCUT2D eigenvalue weighted by molar-refractivity contribution is 7.12. The third-order valence-corrected chi connectivity index (χ3v) is 3.76. The number of benzene rings is 1. The predicted molar refractivity (Wildman–Crippen MR) is 72.8 cm³/mol. The van der Waals surface area contributed by atoms with Crippen molar-refractivity contribution in [3.05, 3.63) is 50.7 Å². The van der Waals surface area contributed by atoms with Gasteiger partial charge in [-0.25, -0.2) is 0 Å². The molecule has 0 atom stereocenters. The molecular formula is C14H15NOS. The summed E-state index contributed by atoms with van der Waals surface area (Å²) < 4.78 is 0. The molecule has 2 rings (SSSR count). The smallest absolute Gasteiger partial charge is 0.194 e. The third-order valence-electron chi connectivity index (χ3n) is 2.79. The molecule has 0 radical (unpaired) electrons. The second-order valence-electron chi connectivity index (χ2n) is 4.23. The van der Waals surface area contributed by atoms with Gasteiger partial charge in [0.05, 0.1) is 0 Å². The quantitative estimate of drug-likeness (QED) is 0.650. The van der Waals surface area contributed by atoms with E-state index in [1.165, 1.54) is 0 Å². The van der Waals surface area contributed by atoms with E-state index in [0.29, 0.717) is 11.3 Å². The maximum absolute atomic E-state index is 12.4. The number of anilines is 1. The van der Waals surface area contributed by atoms with E-state index in [4.69, 9.17) is 5.73 Å². The number of rotatable bonds is 2. The highest BCUT2D eigenvalue weighted by Gasteiger charge is 2.16. The summed E-state index contributed by atoms with van der Waals surface area (Å²) in [5.41, 5.74) is 8.82. The van der Waals surface area contributed by atoms with E-state index in [-0.39, 0.29) is 5.78 Å². The number of thiophene rings is 1. The second-order valence-corrected chi connectivity index (χ2v) is 5.69. The summed E-state index contributed by atoms with van der Waals surface area (Å²) in [6.45, 7) is 5.93. The van der Waals surface area contributed by atoms with Gasteiger partial charge in [0.25, 0.3) is 0 Å². The zero-order valence-electron chi connectivity index (χ0n) is 10.2. The van der Waals surface area contributed by atoms with E-state index in [1.807, 2.05) is 39.0 Å². The Hall–Kier alpha value is -1.61. The number of ketones is 1. The Morgan fingerprint density at radius 3 is 2.41 bits per heavy atom. The fraction of sp³-hybridized carbons (Fsp3) is 0.214. The van der Waals surface area contributed by atoms with Crippen molar-refractivity contribution in [2.45, 2.75) is 20.8 Å². The van der Waals surface area contributed by atoms with Crippen LogP contribution in [0.25, 0.3) is 0 Å². The van der Waals surface area contributed by atoms with Crippen LogP contribution in [0.2, 0.25) is 0 Å². The van der Waals surface area contributed by atoms with Gasteiger partial charge in [-0.3, -0.25) is 4.79 Å². The van der Waals surface area contributed by atoms with Crippen molar-refractivity contribution in [2.75, 3.05) is 5.73 Å². The van der Waals surface area contributed by atoms with Crippen LogP contribution >= 0.6 is 11.3 Å². The minimum Gasteiger partial charge on any atom is -0.399 e. The first-order valence-electron chi connectivity index (χ1n) is 5.47. The van der Waals surface area contributed by atoms with E-state index in [9.17, 15) is 4.79 Å². The largest absolute Gasteiger partial charge is 0.399 e. The van der Waals surface area contributed by atoms with Crippen molar-refractivity contribution in [1.82, 2.24) is 0 Å². The number of hydrogen-bond donors (Lipinski definition) is 1. The van der Waals surface area contributed by atoms with E-state index in [2.05, 4.69) is 0 Å². The lowest BCUT2D eigenvalue weighted by atomic mass is 9.99. The number of aryl methyl sites for hydroxylation is 3. The lowest BCUT2D eigenvalue weighted by Crippen LogP contribution is -2.04. The Bertz CT molecular complexity index is 584. The molecule has 0 unspecified atom stereocenters. The molecule has 0 aliphatic rings. The lowest BCUT2D eigenvalue weighted by molar-refractivity contribution is 0.103. The molecule has 0 aliphatic heterocycles. The molecule has 1 aromatic heterocycles. The van der Waals surface area contributed by atoms with E-state index < -0.39 is 0 Å². The Morgan fingerprint density at radius 2 is 1.82 bits per heavy atom. The molecule has 0 spiro atoms. The molecule has 1 heterocycles. The molecule has 0 fully saturated rings. The lowest BCUT2D eigenvalue weighted by Gasteiger charge is -2.05. The Morgan fingerprint density at radius 1 is 1.12 bits per heavy atom. The first-order chi connectivity index (χ1) is 7.99. The summed E-state index contributed by atoms with van der Waals surface area (Å²) in [5, 5.41) is 0. The molecular weight excluding hydrogens is 230 g/mol. The van der Waals surface area contributed by atoms with E-state index >= 15 is 0 Å². The molecule has 2 nitrogen and oxygen atoms in total. The van der Waals surface area contributed by atoms with Gasteiger partial charge in [-0.15, -0.1) is 11.3 Å². The SMILES string of the molecule is Cc1cc(C(=O)c2cc(N)ccc2C)c(C)s1. The van der Waals surface area contributed by atoms with Gasteiger partial charge in [0.1, 0.15) is 0 Å². The molecule has 0 saturated heterocycles. The minimum atomic E-state index is 0.0663. The topological polar surface area (TPSA) is 43.1 Å². The highest BCUT2D eigenvalue weighted by Crippen LogP contribution is 2.25. The first-order valence-corrected chi connectivity index (χ1v) is 6.28. The summed E-state index contributed by atoms with van der Waals surface area (Å²) in [6, 6.07) is 7.41. The number of nitrogen functional groups attached to an aromatic ring is 1. The summed E-state index contributed by atoms with van der Waals surface area (Å²) in [5.74, 6) is 0.0663. The minimum absolute atomic E-state index is 0.0663. The summed E-state index contributed by atoms with van der Waals surface area (Å²) in [6.07, 6.45) is 0. The zero-order chi connectivity index (χ0) is 12.6. The number of nitrogens with two attached hydrogens (primary N) is 1. The molecule has 2 aromatic rings. The van der Waals surface area contributed by atoms with Crippen LogP contribution < -0.4 is 5.73 Å². The van der Waals surface area contributed by atoms with Crippen LogP contribution in [0, 0.1) is 20.8 Å². The fourth-order valence-electron chi connectivity index (χ4n) is 1.89. The zero-order valence-corrected chi connectivity index (χ0v) is 11.0. The van der Waals surface area contributed by atoms with Gasteiger partial charge in [0.15, 0.2) is 5.78 Å². The summed E-state index contributed by atoms with van der Waals surface area (Å²) >= 11 is 1.65. The van der Waals surface area contributed by atoms with Crippen molar-refractivity contribution < 1.29 is 4.79 Å². The van der Waals surface area contributed by atoms with Gasteiger partial charge >= 0.3 is 0 Å². The van der Waals surface area contributed by atoms with Gasteiger partial charge in [-0.2, -0.15) is 0 Å². The van der Waals surface area contributed by atoms with Gasteiger partial charge in [-0.05, 0) is 44.5 Å². The second kappa shape index (κ2) is 4.34. The summed E-state index contributed by atoms with van der Waals surface area (Å²) in [4.78, 5) is 14.6. The van der Waals surface area contributed by atoms with Crippen LogP contribution in [-0.2, 0) is 0 Å². The van der Waals surface area contributed by atoms with Crippen molar-refractivity contribution in [3.8, 4) is 0 Å². The van der Waals surface area contributed by atoms with Crippen LogP contribution in [0.1, 0.15) is 31.2 Å². The molecule has 0 aliphatic carbocycles. The standard InChI is InChI=1S/C14H15NOS/c1-8-4-5-11(15)7-12(8)14(16)13-6-9(2)17-10(13)3/h4-7H,15H2,1-3H3. The predicted octanol–water partition coefficient (Wildman–Crippen LogP) is 3.49. The Labute approximate surface area is 105 Å². The van der Waals surface area contributed by atoms with Crippen LogP contribution in [0.15, 0.2) is 24.3 Å². The third kappa shape index (κ3) is 2.24. The van der Waals surface area contributed by atoms with Gasteiger partial charge in [0, 0.05) is 26.6 Å². The number of carbonyl (C=O) groups is 1. The maximum atomic E-state index is 12.4. The van der Waals surface area contributed by atoms with Crippen molar-refractivity contribution in [1.29, 1.82) is 0 Å². The number of hydrogen-bond acceptors (Lipinski definition) is 3. The summed E-state index contributed by atoms with van der Waals surface area (Å²) in [7, 11) is 0. The van der Waals surface area contributed by atoms with Crippen LogP contribution in [0.5, 0.6) is 0 Å². The molecule has 0 bridgehead atoms. The molecule has 88 valence electrons. The average Bonchev–Trinajstić information content (AvgIpc) is 2.60. The van der Waals surface area contributed by atoms with Gasteiger partial charge in [0.2, 0.25) is 0 Å². The molecule has 17 heavy (non-hydrogen) atoms. The first kappa shape index (κ1) is 11.9. The van der Waals surface area contributed by atoms with Crippen LogP contribution in [-0.4, -0.2) is 5.78 Å².